The van der Waals surface area contributed by atoms with Crippen molar-refractivity contribution in [2.24, 2.45) is 5.73 Å². The van der Waals surface area contributed by atoms with Crippen LogP contribution in [0.1, 0.15) is 0 Å². The molecule has 0 aliphatic carbocycles. The van der Waals surface area contributed by atoms with Crippen LogP contribution in [0.3, 0.4) is 0 Å². The predicted octanol–water partition coefficient (Wildman–Crippen LogP) is 2.96. The minimum absolute atomic E-state index is 0. The van der Waals surface area contributed by atoms with Crippen LogP contribution < -0.4 is 20.8 Å². The highest BCUT2D eigenvalue weighted by molar-refractivity contribution is 5.92. The van der Waals surface area contributed by atoms with Gasteiger partial charge in [-0.1, -0.05) is 18.2 Å². The van der Waals surface area contributed by atoms with Gasteiger partial charge in [-0.15, -0.1) is 12.4 Å². The first-order valence-corrected chi connectivity index (χ1v) is 7.37. The van der Waals surface area contributed by atoms with Crippen LogP contribution in [0.2, 0.25) is 0 Å². The van der Waals surface area contributed by atoms with E-state index in [1.54, 1.807) is 13.2 Å². The van der Waals surface area contributed by atoms with E-state index in [1.165, 1.54) is 0 Å². The van der Waals surface area contributed by atoms with Crippen LogP contribution in [0, 0.1) is 0 Å². The molecule has 3 rings (SSSR count). The third kappa shape index (κ3) is 3.37. The molecule has 0 amide bonds. The lowest BCUT2D eigenvalue weighted by Crippen LogP contribution is -2.14. The van der Waals surface area contributed by atoms with Gasteiger partial charge < -0.3 is 20.2 Å². The van der Waals surface area contributed by atoms with E-state index in [-0.39, 0.29) is 18.0 Å². The molecule has 5 nitrogen and oxygen atoms in total. The third-order valence-corrected chi connectivity index (χ3v) is 3.62. The molecule has 0 radical (unpaired) electrons. The van der Waals surface area contributed by atoms with Crippen LogP contribution in [0.4, 0.5) is 0 Å². The Morgan fingerprint density at radius 2 is 1.71 bits per heavy atom. The average molecular weight is 347 g/mol. The zero-order valence-electron chi connectivity index (χ0n) is 13.2. The summed E-state index contributed by atoms with van der Waals surface area (Å²) < 4.78 is 11.0. The van der Waals surface area contributed by atoms with Crippen molar-refractivity contribution >= 4 is 23.2 Å². The van der Waals surface area contributed by atoms with Crippen molar-refractivity contribution < 1.29 is 9.47 Å². The number of hydrogen-bond donors (Lipinski definition) is 2. The highest BCUT2D eigenvalue weighted by Gasteiger charge is 2.14. The molecular weight excluding hydrogens is 328 g/mol. The summed E-state index contributed by atoms with van der Waals surface area (Å²) in [7, 11) is 1.61. The minimum atomic E-state index is -0.147. The number of ether oxygens (including phenoxy) is 2. The zero-order chi connectivity index (χ0) is 16.2. The number of methoxy groups -OCH3 is 1. The number of aromatic amines is 1. The van der Waals surface area contributed by atoms with Crippen molar-refractivity contribution in [2.45, 2.75) is 0 Å². The van der Waals surface area contributed by atoms with Gasteiger partial charge in [-0.05, 0) is 30.3 Å². The van der Waals surface area contributed by atoms with E-state index >= 15 is 0 Å². The molecule has 3 N–H and O–H groups in total. The number of fused-ring (bicyclic) bond motifs is 1. The lowest BCUT2D eigenvalue weighted by molar-refractivity contribution is 0.332. The van der Waals surface area contributed by atoms with Crippen molar-refractivity contribution in [3.8, 4) is 22.8 Å². The van der Waals surface area contributed by atoms with Crippen LogP contribution in [0.15, 0.2) is 53.3 Å². The first-order valence-electron chi connectivity index (χ1n) is 7.37. The molecule has 0 spiro atoms. The Bertz CT molecular complexity index is 876. The van der Waals surface area contributed by atoms with Gasteiger partial charge >= 0.3 is 0 Å². The second kappa shape index (κ2) is 7.86. The van der Waals surface area contributed by atoms with Gasteiger partial charge in [0.05, 0.1) is 18.2 Å². The molecule has 0 aliphatic rings. The maximum Gasteiger partial charge on any atom is 0.256 e. The predicted molar refractivity (Wildman–Crippen MR) is 98.4 cm³/mol. The van der Waals surface area contributed by atoms with Gasteiger partial charge in [0.25, 0.3) is 5.56 Å². The number of aromatic nitrogens is 1. The van der Waals surface area contributed by atoms with Crippen molar-refractivity contribution in [2.75, 3.05) is 20.3 Å². The quantitative estimate of drug-likeness (QED) is 0.744. The van der Waals surface area contributed by atoms with Gasteiger partial charge in [0.15, 0.2) is 5.75 Å². The second-order valence-corrected chi connectivity index (χ2v) is 5.07. The van der Waals surface area contributed by atoms with Crippen molar-refractivity contribution in [3.05, 3.63) is 58.9 Å². The van der Waals surface area contributed by atoms with Gasteiger partial charge in [-0.3, -0.25) is 4.79 Å². The van der Waals surface area contributed by atoms with Gasteiger partial charge in [0.1, 0.15) is 12.4 Å². The van der Waals surface area contributed by atoms with Crippen LogP contribution in [0.25, 0.3) is 22.0 Å². The highest BCUT2D eigenvalue weighted by atomic mass is 35.5. The SMILES string of the molecule is COc1ccc(-c2[nH]c(=O)c3ccccc3c2OCCN)cc1.Cl. The molecule has 3 aromatic rings. The molecule has 0 unspecified atom stereocenters. The Morgan fingerprint density at radius 3 is 2.33 bits per heavy atom. The molecule has 24 heavy (non-hydrogen) atoms. The van der Waals surface area contributed by atoms with Gasteiger partial charge in [0, 0.05) is 17.5 Å². The fraction of sp³-hybridized carbons (Fsp3) is 0.167. The summed E-state index contributed by atoms with van der Waals surface area (Å²) in [6, 6.07) is 14.8. The van der Waals surface area contributed by atoms with E-state index in [2.05, 4.69) is 4.98 Å². The molecule has 0 atom stereocenters. The smallest absolute Gasteiger partial charge is 0.256 e. The van der Waals surface area contributed by atoms with E-state index in [4.69, 9.17) is 15.2 Å². The molecule has 2 aromatic carbocycles. The van der Waals surface area contributed by atoms with E-state index in [0.29, 0.717) is 30.0 Å². The number of hydrogen-bond acceptors (Lipinski definition) is 4. The van der Waals surface area contributed by atoms with Gasteiger partial charge in [-0.25, -0.2) is 0 Å². The van der Waals surface area contributed by atoms with Gasteiger partial charge in [-0.2, -0.15) is 0 Å². The van der Waals surface area contributed by atoms with Crippen LogP contribution in [0.5, 0.6) is 11.5 Å². The summed E-state index contributed by atoms with van der Waals surface area (Å²) in [5, 5.41) is 1.37. The number of H-pyrrole nitrogens is 1. The number of nitrogens with one attached hydrogen (secondary N) is 1. The topological polar surface area (TPSA) is 77.3 Å². The standard InChI is InChI=1S/C18H18N2O3.ClH/c1-22-13-8-6-12(7-9-13)16-17(23-11-10-19)14-4-2-3-5-15(14)18(21)20-16;/h2-9H,10-11,19H2,1H3,(H,20,21);1H. The minimum Gasteiger partial charge on any atom is -0.497 e. The molecule has 1 aromatic heterocycles. The maximum atomic E-state index is 12.4. The fourth-order valence-corrected chi connectivity index (χ4v) is 2.52. The normalized spacial score (nSPS) is 10.2. The molecule has 6 heteroatoms. The number of benzene rings is 2. The largest absolute Gasteiger partial charge is 0.497 e. The fourth-order valence-electron chi connectivity index (χ4n) is 2.52. The van der Waals surface area contributed by atoms with Crippen molar-refractivity contribution in [1.82, 2.24) is 4.98 Å². The Morgan fingerprint density at radius 1 is 1.04 bits per heavy atom. The van der Waals surface area contributed by atoms with E-state index < -0.39 is 0 Å². The van der Waals surface area contributed by atoms with Gasteiger partial charge in [0.2, 0.25) is 0 Å². The molecule has 0 aliphatic heterocycles. The summed E-state index contributed by atoms with van der Waals surface area (Å²) in [5.41, 5.74) is 6.91. The van der Waals surface area contributed by atoms with Crippen molar-refractivity contribution in [3.63, 3.8) is 0 Å². The Balaban J connectivity index is 0.00000208. The Labute approximate surface area is 145 Å². The van der Waals surface area contributed by atoms with E-state index in [9.17, 15) is 4.79 Å². The molecule has 0 saturated carbocycles. The highest BCUT2D eigenvalue weighted by Crippen LogP contribution is 2.34. The van der Waals surface area contributed by atoms with E-state index in [1.807, 2.05) is 42.5 Å². The van der Waals surface area contributed by atoms with Crippen molar-refractivity contribution in [1.29, 1.82) is 0 Å². The molecule has 0 bridgehead atoms. The summed E-state index contributed by atoms with van der Waals surface area (Å²) in [5.74, 6) is 1.39. The maximum absolute atomic E-state index is 12.4. The Kier molecular flexibility index (Phi) is 5.84. The zero-order valence-corrected chi connectivity index (χ0v) is 14.1. The number of nitrogens with two attached hydrogens (primary N) is 1. The van der Waals surface area contributed by atoms with Crippen LogP contribution in [-0.2, 0) is 0 Å². The summed E-state index contributed by atoms with van der Waals surface area (Å²) >= 11 is 0. The monoisotopic (exact) mass is 346 g/mol. The molecule has 0 saturated heterocycles. The van der Waals surface area contributed by atoms with E-state index in [0.717, 1.165) is 16.7 Å². The number of halogens is 1. The summed E-state index contributed by atoms with van der Waals surface area (Å²) in [6.07, 6.45) is 0. The number of rotatable bonds is 5. The van der Waals surface area contributed by atoms with Crippen LogP contribution >= 0.6 is 12.4 Å². The molecule has 1 heterocycles. The molecule has 0 fully saturated rings. The summed E-state index contributed by atoms with van der Waals surface area (Å²) in [6.45, 7) is 0.773. The molecular formula is C18H19ClN2O3. The lowest BCUT2D eigenvalue weighted by atomic mass is 10.1. The lowest BCUT2D eigenvalue weighted by Gasteiger charge is -2.14. The van der Waals surface area contributed by atoms with Crippen LogP contribution in [-0.4, -0.2) is 25.2 Å². The number of pyridine rings is 1. The summed E-state index contributed by atoms with van der Waals surface area (Å²) in [4.78, 5) is 15.3. The average Bonchev–Trinajstić information content (AvgIpc) is 2.61. The second-order valence-electron chi connectivity index (χ2n) is 5.07. The third-order valence-electron chi connectivity index (χ3n) is 3.62. The first kappa shape index (κ1) is 17.8. The first-order chi connectivity index (χ1) is 11.2. The molecule has 126 valence electrons. The Hall–Kier alpha value is -2.50.